The van der Waals surface area contributed by atoms with Crippen LogP contribution < -0.4 is 0 Å². The van der Waals surface area contributed by atoms with Crippen molar-refractivity contribution in [2.45, 2.75) is 11.8 Å². The van der Waals surface area contributed by atoms with Crippen molar-refractivity contribution in [3.8, 4) is 0 Å². The number of carboxylic acids is 1. The molecule has 0 atom stereocenters. The van der Waals surface area contributed by atoms with Crippen molar-refractivity contribution >= 4 is 16.0 Å². The molecule has 0 aliphatic carbocycles. The molecule has 98 valence electrons. The van der Waals surface area contributed by atoms with Crippen LogP contribution in [0.2, 0.25) is 0 Å². The summed E-state index contributed by atoms with van der Waals surface area (Å²) >= 11 is 0. The molecule has 0 unspecified atom stereocenters. The van der Waals surface area contributed by atoms with E-state index < -0.39 is 27.7 Å². The van der Waals surface area contributed by atoms with Crippen LogP contribution in [0.15, 0.2) is 23.1 Å². The second-order valence-electron chi connectivity index (χ2n) is 4.27. The maximum Gasteiger partial charge on any atom is 0.309 e. The Hall–Kier alpha value is -1.47. The zero-order valence-electron chi connectivity index (χ0n) is 9.63. The lowest BCUT2D eigenvalue weighted by molar-refractivity contribution is -0.145. The number of aryl methyl sites for hydroxylation is 1. The van der Waals surface area contributed by atoms with Gasteiger partial charge in [-0.3, -0.25) is 4.79 Å². The third-order valence-corrected chi connectivity index (χ3v) is 4.94. The SMILES string of the molecule is Cc1cc(F)ccc1S(=O)(=O)N1CC(C(=O)O)C1. The number of halogens is 1. The molecule has 1 aliphatic heterocycles. The monoisotopic (exact) mass is 273 g/mol. The van der Waals surface area contributed by atoms with E-state index in [2.05, 4.69) is 0 Å². The summed E-state index contributed by atoms with van der Waals surface area (Å²) < 4.78 is 38.3. The molecule has 1 aromatic rings. The molecule has 0 spiro atoms. The average Bonchev–Trinajstić information content (AvgIpc) is 2.12. The third kappa shape index (κ3) is 2.11. The summed E-state index contributed by atoms with van der Waals surface area (Å²) in [6, 6.07) is 3.42. The smallest absolute Gasteiger partial charge is 0.309 e. The van der Waals surface area contributed by atoms with E-state index in [1.165, 1.54) is 13.0 Å². The highest BCUT2D eigenvalue weighted by atomic mass is 32.2. The summed E-state index contributed by atoms with van der Waals surface area (Å²) in [7, 11) is -3.71. The molecule has 0 bridgehead atoms. The van der Waals surface area contributed by atoms with Gasteiger partial charge >= 0.3 is 5.97 Å². The van der Waals surface area contributed by atoms with Crippen LogP contribution in [0.5, 0.6) is 0 Å². The molecule has 5 nitrogen and oxygen atoms in total. The van der Waals surface area contributed by atoms with Crippen LogP contribution in [0.4, 0.5) is 4.39 Å². The van der Waals surface area contributed by atoms with Crippen LogP contribution >= 0.6 is 0 Å². The zero-order chi connectivity index (χ0) is 13.5. The molecule has 0 aromatic heterocycles. The maximum absolute atomic E-state index is 12.9. The van der Waals surface area contributed by atoms with E-state index in [-0.39, 0.29) is 18.0 Å². The van der Waals surface area contributed by atoms with Gasteiger partial charge in [-0.25, -0.2) is 12.8 Å². The summed E-state index contributed by atoms with van der Waals surface area (Å²) in [5.74, 6) is -2.16. The number of benzene rings is 1. The van der Waals surface area contributed by atoms with E-state index in [0.717, 1.165) is 16.4 Å². The van der Waals surface area contributed by atoms with Gasteiger partial charge < -0.3 is 5.11 Å². The molecule has 1 aromatic carbocycles. The summed E-state index contributed by atoms with van der Waals surface area (Å²) in [5, 5.41) is 8.71. The Labute approximate surface area is 104 Å². The van der Waals surface area contributed by atoms with Gasteiger partial charge in [-0.05, 0) is 30.7 Å². The van der Waals surface area contributed by atoms with Crippen molar-refractivity contribution < 1.29 is 22.7 Å². The van der Waals surface area contributed by atoms with Crippen molar-refractivity contribution in [3.05, 3.63) is 29.6 Å². The molecule has 0 radical (unpaired) electrons. The number of carbonyl (C=O) groups is 1. The standard InChI is InChI=1S/C11H12FNO4S/c1-7-4-9(12)2-3-10(7)18(16,17)13-5-8(6-13)11(14)15/h2-4,8H,5-6H2,1H3,(H,14,15). The minimum atomic E-state index is -3.71. The molecule has 1 N–H and O–H groups in total. The zero-order valence-corrected chi connectivity index (χ0v) is 10.4. The number of rotatable bonds is 3. The predicted octanol–water partition coefficient (Wildman–Crippen LogP) is 0.839. The maximum atomic E-state index is 12.9. The molecule has 18 heavy (non-hydrogen) atoms. The fourth-order valence-electron chi connectivity index (χ4n) is 1.83. The highest BCUT2D eigenvalue weighted by Crippen LogP contribution is 2.27. The fourth-order valence-corrected chi connectivity index (χ4v) is 3.57. The van der Waals surface area contributed by atoms with Gasteiger partial charge in [-0.1, -0.05) is 0 Å². The van der Waals surface area contributed by atoms with E-state index in [9.17, 15) is 17.6 Å². The molecule has 2 rings (SSSR count). The number of hydrogen-bond donors (Lipinski definition) is 1. The van der Waals surface area contributed by atoms with E-state index in [0.29, 0.717) is 5.56 Å². The number of sulfonamides is 1. The lowest BCUT2D eigenvalue weighted by Gasteiger charge is -2.35. The summed E-state index contributed by atoms with van der Waals surface area (Å²) in [6.07, 6.45) is 0. The molecule has 0 saturated carbocycles. The second kappa shape index (κ2) is 4.33. The van der Waals surface area contributed by atoms with E-state index >= 15 is 0 Å². The van der Waals surface area contributed by atoms with Crippen LogP contribution in [-0.2, 0) is 14.8 Å². The van der Waals surface area contributed by atoms with Gasteiger partial charge in [-0.15, -0.1) is 0 Å². The van der Waals surface area contributed by atoms with E-state index in [4.69, 9.17) is 5.11 Å². The van der Waals surface area contributed by atoms with Crippen molar-refractivity contribution in [2.24, 2.45) is 5.92 Å². The topological polar surface area (TPSA) is 74.7 Å². The summed E-state index contributed by atoms with van der Waals surface area (Å²) in [5.41, 5.74) is 0.314. The molecular formula is C11H12FNO4S. The van der Waals surface area contributed by atoms with Gasteiger partial charge in [-0.2, -0.15) is 4.31 Å². The highest BCUT2D eigenvalue weighted by Gasteiger charge is 2.40. The summed E-state index contributed by atoms with van der Waals surface area (Å²) in [4.78, 5) is 10.7. The molecule has 1 aliphatic rings. The predicted molar refractivity (Wildman–Crippen MR) is 61.0 cm³/mol. The minimum absolute atomic E-state index is 0.0211. The third-order valence-electron chi connectivity index (χ3n) is 2.95. The number of carboxylic acid groups (broad SMARTS) is 1. The lowest BCUT2D eigenvalue weighted by atomic mass is 10.0. The van der Waals surface area contributed by atoms with Crippen molar-refractivity contribution in [1.82, 2.24) is 4.31 Å². The second-order valence-corrected chi connectivity index (χ2v) is 6.17. The Morgan fingerprint density at radius 3 is 2.56 bits per heavy atom. The van der Waals surface area contributed by atoms with Crippen LogP contribution in [0.3, 0.4) is 0 Å². The van der Waals surface area contributed by atoms with Gasteiger partial charge in [0.1, 0.15) is 5.82 Å². The Morgan fingerprint density at radius 2 is 2.06 bits per heavy atom. The van der Waals surface area contributed by atoms with Crippen molar-refractivity contribution in [3.63, 3.8) is 0 Å². The van der Waals surface area contributed by atoms with Crippen LogP contribution in [-0.4, -0.2) is 36.9 Å². The first-order valence-electron chi connectivity index (χ1n) is 5.31. The fraction of sp³-hybridized carbons (Fsp3) is 0.364. The Morgan fingerprint density at radius 1 is 1.44 bits per heavy atom. The van der Waals surface area contributed by atoms with Gasteiger partial charge in [0.05, 0.1) is 10.8 Å². The van der Waals surface area contributed by atoms with Crippen LogP contribution in [0.25, 0.3) is 0 Å². The van der Waals surface area contributed by atoms with Crippen LogP contribution in [0.1, 0.15) is 5.56 Å². The average molecular weight is 273 g/mol. The highest BCUT2D eigenvalue weighted by molar-refractivity contribution is 7.89. The number of aliphatic carboxylic acids is 1. The Bertz CT molecular complexity index is 593. The van der Waals surface area contributed by atoms with E-state index in [1.807, 2.05) is 0 Å². The number of hydrogen-bond acceptors (Lipinski definition) is 3. The first-order chi connectivity index (χ1) is 8.32. The van der Waals surface area contributed by atoms with E-state index in [1.54, 1.807) is 0 Å². The molecule has 1 heterocycles. The molecule has 1 fully saturated rings. The Balaban J connectivity index is 2.25. The molecule has 0 amide bonds. The minimum Gasteiger partial charge on any atom is -0.481 e. The lowest BCUT2D eigenvalue weighted by Crippen LogP contribution is -2.52. The molecular weight excluding hydrogens is 261 g/mol. The van der Waals surface area contributed by atoms with Gasteiger partial charge in [0.15, 0.2) is 0 Å². The van der Waals surface area contributed by atoms with Crippen molar-refractivity contribution in [1.29, 1.82) is 0 Å². The largest absolute Gasteiger partial charge is 0.481 e. The van der Waals surface area contributed by atoms with Gasteiger partial charge in [0, 0.05) is 13.1 Å². The quantitative estimate of drug-likeness (QED) is 0.885. The van der Waals surface area contributed by atoms with Crippen molar-refractivity contribution in [2.75, 3.05) is 13.1 Å². The van der Waals surface area contributed by atoms with Gasteiger partial charge in [0.25, 0.3) is 0 Å². The molecule has 7 heteroatoms. The first kappa shape index (κ1) is 13.0. The normalized spacial score (nSPS) is 17.4. The number of nitrogens with zero attached hydrogens (tertiary/aromatic N) is 1. The van der Waals surface area contributed by atoms with Crippen LogP contribution in [0, 0.1) is 18.7 Å². The van der Waals surface area contributed by atoms with Gasteiger partial charge in [0.2, 0.25) is 10.0 Å². The summed E-state index contributed by atoms with van der Waals surface area (Å²) in [6.45, 7) is 1.44. The first-order valence-corrected chi connectivity index (χ1v) is 6.75. The molecule has 1 saturated heterocycles. The Kier molecular flexibility index (Phi) is 3.12.